The first-order chi connectivity index (χ1) is 17.9. The van der Waals surface area contributed by atoms with Crippen LogP contribution in [0.15, 0.2) is 41.3 Å². The largest absolute Gasteiger partial charge is 0.346 e. The number of sulfonamides is 1. The van der Waals surface area contributed by atoms with E-state index in [-0.39, 0.29) is 33.6 Å². The van der Waals surface area contributed by atoms with Crippen LogP contribution in [-0.2, 0) is 10.0 Å². The topological polar surface area (TPSA) is 101 Å². The fourth-order valence-electron chi connectivity index (χ4n) is 7.13. The van der Waals surface area contributed by atoms with Crippen LogP contribution in [0.25, 0.3) is 16.7 Å². The van der Waals surface area contributed by atoms with E-state index in [0.29, 0.717) is 23.8 Å². The smallest absolute Gasteiger partial charge is 0.257 e. The number of nitrogens with zero attached hydrogens (tertiary/aromatic N) is 3. The Morgan fingerprint density at radius 3 is 2.29 bits per heavy atom. The maximum Gasteiger partial charge on any atom is 0.257 e. The van der Waals surface area contributed by atoms with Gasteiger partial charge in [-0.15, -0.1) is 0 Å². The van der Waals surface area contributed by atoms with Crippen LogP contribution in [0.1, 0.15) is 48.9 Å². The van der Waals surface area contributed by atoms with Crippen molar-refractivity contribution < 1.29 is 22.0 Å². The molecule has 4 aliphatic carbocycles. The lowest BCUT2D eigenvalue weighted by atomic mass is 9.53. The van der Waals surface area contributed by atoms with Gasteiger partial charge in [-0.2, -0.15) is 0 Å². The Kier molecular flexibility index (Phi) is 5.64. The molecule has 0 atom stereocenters. The third kappa shape index (κ3) is 4.16. The Labute approximate surface area is 218 Å². The van der Waals surface area contributed by atoms with E-state index in [1.807, 2.05) is 0 Å². The van der Waals surface area contributed by atoms with Crippen molar-refractivity contribution in [1.29, 1.82) is 0 Å². The van der Waals surface area contributed by atoms with Crippen molar-refractivity contribution in [2.24, 2.45) is 17.8 Å². The zero-order valence-electron chi connectivity index (χ0n) is 21.1. The van der Waals surface area contributed by atoms with Crippen LogP contribution in [0, 0.1) is 29.4 Å². The fourth-order valence-corrected chi connectivity index (χ4v) is 7.57. The number of carbonyl (C=O) groups is 1. The standard InChI is InChI=1S/C27H28F2N4O4S/c1-32(38(2,36)37)23-6-4-19-24(34)20(14-33(25(19)30-23)22-5-3-18(28)10-21(22)29)26(35)31-27-11-15-7-16(12-27)9-17(8-15)13-27/h3-6,10,14-17H,7-9,11-13H2,1-2H3,(H,31,35). The molecule has 1 aromatic carbocycles. The van der Waals surface area contributed by atoms with Crippen molar-refractivity contribution in [2.45, 2.75) is 44.1 Å². The third-order valence-electron chi connectivity index (χ3n) is 8.49. The van der Waals surface area contributed by atoms with Gasteiger partial charge in [0.1, 0.15) is 23.0 Å². The quantitative estimate of drug-likeness (QED) is 0.529. The van der Waals surface area contributed by atoms with Gasteiger partial charge in [-0.3, -0.25) is 18.5 Å². The van der Waals surface area contributed by atoms with Crippen LogP contribution in [0.2, 0.25) is 0 Å². The van der Waals surface area contributed by atoms with E-state index in [1.54, 1.807) is 0 Å². The van der Waals surface area contributed by atoms with E-state index in [2.05, 4.69) is 10.3 Å². The minimum absolute atomic E-state index is 0.00133. The highest BCUT2D eigenvalue weighted by atomic mass is 32.2. The van der Waals surface area contributed by atoms with Crippen molar-refractivity contribution in [3.05, 3.63) is 63.9 Å². The lowest BCUT2D eigenvalue weighted by molar-refractivity contribution is -0.0167. The molecule has 4 bridgehead atoms. The molecule has 8 nitrogen and oxygen atoms in total. The highest BCUT2D eigenvalue weighted by Crippen LogP contribution is 2.55. The number of fused-ring (bicyclic) bond motifs is 1. The number of benzene rings is 1. The first kappa shape index (κ1) is 25.0. The van der Waals surface area contributed by atoms with E-state index in [0.717, 1.165) is 35.9 Å². The molecule has 0 aliphatic heterocycles. The number of nitrogens with one attached hydrogen (secondary N) is 1. The Morgan fingerprint density at radius 2 is 1.71 bits per heavy atom. The molecular weight excluding hydrogens is 514 g/mol. The van der Waals surface area contributed by atoms with Crippen LogP contribution in [-0.4, -0.2) is 42.7 Å². The van der Waals surface area contributed by atoms with Gasteiger partial charge in [-0.05, 0) is 80.5 Å². The van der Waals surface area contributed by atoms with Crippen LogP contribution in [0.4, 0.5) is 14.6 Å². The minimum Gasteiger partial charge on any atom is -0.346 e. The number of anilines is 1. The fraction of sp³-hybridized carbons (Fsp3) is 0.444. The maximum atomic E-state index is 15.0. The number of halogens is 2. The lowest BCUT2D eigenvalue weighted by Crippen LogP contribution is -2.60. The summed E-state index contributed by atoms with van der Waals surface area (Å²) < 4.78 is 55.0. The summed E-state index contributed by atoms with van der Waals surface area (Å²) in [5.41, 5.74) is -1.31. The normalized spacial score (nSPS) is 26.1. The van der Waals surface area contributed by atoms with Crippen LogP contribution in [0.5, 0.6) is 0 Å². The lowest BCUT2D eigenvalue weighted by Gasteiger charge is -2.56. The molecule has 1 amide bonds. The van der Waals surface area contributed by atoms with Gasteiger partial charge in [0.15, 0.2) is 5.65 Å². The van der Waals surface area contributed by atoms with Gasteiger partial charge in [0.05, 0.1) is 17.3 Å². The average Bonchev–Trinajstić information content (AvgIpc) is 2.82. The van der Waals surface area contributed by atoms with Gasteiger partial charge in [0, 0.05) is 24.8 Å². The number of carbonyl (C=O) groups excluding carboxylic acids is 1. The molecule has 1 N–H and O–H groups in total. The molecule has 4 aliphatic rings. The highest BCUT2D eigenvalue weighted by Gasteiger charge is 2.51. The summed E-state index contributed by atoms with van der Waals surface area (Å²) in [5, 5.41) is 3.20. The molecule has 0 unspecified atom stereocenters. The number of rotatable bonds is 5. The predicted molar refractivity (Wildman–Crippen MR) is 139 cm³/mol. The summed E-state index contributed by atoms with van der Waals surface area (Å²) in [6.07, 6.45) is 8.47. The average molecular weight is 543 g/mol. The molecule has 0 radical (unpaired) electrons. The first-order valence-corrected chi connectivity index (χ1v) is 14.6. The first-order valence-electron chi connectivity index (χ1n) is 12.7. The molecule has 7 rings (SSSR count). The number of hydrogen-bond donors (Lipinski definition) is 1. The summed E-state index contributed by atoms with van der Waals surface area (Å²) in [4.78, 5) is 31.5. The Hall–Kier alpha value is -3.34. The van der Waals surface area contributed by atoms with Crippen molar-refractivity contribution in [3.8, 4) is 5.69 Å². The number of pyridine rings is 2. The molecule has 2 aromatic heterocycles. The van der Waals surface area contributed by atoms with E-state index in [4.69, 9.17) is 0 Å². The van der Waals surface area contributed by atoms with Gasteiger partial charge in [-0.1, -0.05) is 0 Å². The third-order valence-corrected chi connectivity index (χ3v) is 9.67. The molecule has 11 heteroatoms. The summed E-state index contributed by atoms with van der Waals surface area (Å²) in [6.45, 7) is 0. The van der Waals surface area contributed by atoms with Gasteiger partial charge >= 0.3 is 0 Å². The molecule has 0 spiro atoms. The van der Waals surface area contributed by atoms with Gasteiger partial charge in [0.25, 0.3) is 5.91 Å². The van der Waals surface area contributed by atoms with Crippen LogP contribution < -0.4 is 15.1 Å². The zero-order chi connectivity index (χ0) is 27.0. The number of aromatic nitrogens is 2. The van der Waals surface area contributed by atoms with E-state index in [1.165, 1.54) is 55.3 Å². The van der Waals surface area contributed by atoms with Gasteiger partial charge < -0.3 is 5.32 Å². The number of hydrogen-bond acceptors (Lipinski definition) is 5. The zero-order valence-corrected chi connectivity index (χ0v) is 21.9. The van der Waals surface area contributed by atoms with Gasteiger partial charge in [0.2, 0.25) is 15.5 Å². The maximum absolute atomic E-state index is 15.0. The molecule has 4 saturated carbocycles. The second-order valence-electron chi connectivity index (χ2n) is 11.3. The second-order valence-corrected chi connectivity index (χ2v) is 13.3. The van der Waals surface area contributed by atoms with Crippen molar-refractivity contribution >= 4 is 32.8 Å². The van der Waals surface area contributed by atoms with Crippen LogP contribution >= 0.6 is 0 Å². The van der Waals surface area contributed by atoms with E-state index < -0.39 is 33.0 Å². The highest BCUT2D eigenvalue weighted by molar-refractivity contribution is 7.92. The SMILES string of the molecule is CN(c1ccc2c(=O)c(C(=O)NC34CC5CC(CC(C5)C3)C4)cn(-c3ccc(F)cc3F)c2n1)S(C)(=O)=O. The van der Waals surface area contributed by atoms with Gasteiger partial charge in [-0.25, -0.2) is 22.2 Å². The van der Waals surface area contributed by atoms with Crippen molar-refractivity contribution in [1.82, 2.24) is 14.9 Å². The van der Waals surface area contributed by atoms with E-state index in [9.17, 15) is 26.8 Å². The monoisotopic (exact) mass is 542 g/mol. The Bertz CT molecular complexity index is 1620. The van der Waals surface area contributed by atoms with Crippen molar-refractivity contribution in [2.75, 3.05) is 17.6 Å². The summed E-state index contributed by atoms with van der Waals surface area (Å²) >= 11 is 0. The van der Waals surface area contributed by atoms with E-state index >= 15 is 0 Å². The summed E-state index contributed by atoms with van der Waals surface area (Å²) in [6, 6.07) is 5.67. The predicted octanol–water partition coefficient (Wildman–Crippen LogP) is 3.76. The van der Waals surface area contributed by atoms with Crippen LogP contribution in [0.3, 0.4) is 0 Å². The second kappa shape index (κ2) is 8.59. The Morgan fingerprint density at radius 1 is 1.08 bits per heavy atom. The molecular formula is C27H28F2N4O4S. The summed E-state index contributed by atoms with van der Waals surface area (Å²) in [5.74, 6) is -0.505. The Balaban J connectivity index is 1.49. The summed E-state index contributed by atoms with van der Waals surface area (Å²) in [7, 11) is -2.37. The molecule has 200 valence electrons. The molecule has 4 fully saturated rings. The van der Waals surface area contributed by atoms with Crippen molar-refractivity contribution in [3.63, 3.8) is 0 Å². The minimum atomic E-state index is -3.68. The molecule has 38 heavy (non-hydrogen) atoms. The molecule has 2 heterocycles. The molecule has 0 saturated heterocycles. The molecule has 3 aromatic rings. The number of amides is 1.